The van der Waals surface area contributed by atoms with Crippen LogP contribution in [0.1, 0.15) is 17.7 Å². The van der Waals surface area contributed by atoms with Gasteiger partial charge in [-0.15, -0.1) is 13.2 Å². The van der Waals surface area contributed by atoms with Crippen molar-refractivity contribution >= 4 is 5.69 Å². The van der Waals surface area contributed by atoms with Crippen molar-refractivity contribution in [2.24, 2.45) is 5.73 Å². The summed E-state index contributed by atoms with van der Waals surface area (Å²) in [4.78, 5) is 3.03. The summed E-state index contributed by atoms with van der Waals surface area (Å²) < 4.78 is 64.1. The molecule has 0 aromatic carbocycles. The van der Waals surface area contributed by atoms with Crippen LogP contribution in [-0.4, -0.2) is 11.3 Å². The van der Waals surface area contributed by atoms with Gasteiger partial charge in [0.15, 0.2) is 0 Å². The molecule has 0 spiro atoms. The maximum atomic E-state index is 12.5. The van der Waals surface area contributed by atoms with Gasteiger partial charge >= 0.3 is 6.36 Å². The first-order valence-corrected chi connectivity index (χ1v) is 4.28. The molecule has 0 unspecified atom stereocenters. The van der Waals surface area contributed by atoms with Gasteiger partial charge in [-0.25, -0.2) is 13.8 Å². The van der Waals surface area contributed by atoms with E-state index in [0.29, 0.717) is 0 Å². The summed E-state index contributed by atoms with van der Waals surface area (Å²) >= 11 is 0. The average Bonchev–Trinajstić information content (AvgIpc) is 2.18. The van der Waals surface area contributed by atoms with Crippen molar-refractivity contribution in [1.82, 2.24) is 4.98 Å². The lowest BCUT2D eigenvalue weighted by Gasteiger charge is -2.13. The molecule has 17 heavy (non-hydrogen) atoms. The smallest absolute Gasteiger partial charge is 0.394 e. The van der Waals surface area contributed by atoms with Crippen LogP contribution in [0.25, 0.3) is 0 Å². The fourth-order valence-electron chi connectivity index (χ4n) is 1.11. The molecule has 0 radical (unpaired) electrons. The largest absolute Gasteiger partial charge is 0.574 e. The highest BCUT2D eigenvalue weighted by Gasteiger charge is 2.33. The van der Waals surface area contributed by atoms with Crippen molar-refractivity contribution in [2.45, 2.75) is 19.3 Å². The molecule has 0 saturated carbocycles. The summed E-state index contributed by atoms with van der Waals surface area (Å²) in [5.41, 5.74) is 8.81. The number of nitrogens with two attached hydrogens (primary N) is 2. The number of halogens is 5. The molecule has 0 atom stereocenters. The summed E-state index contributed by atoms with van der Waals surface area (Å²) in [6.07, 6.45) is -8.12. The summed E-state index contributed by atoms with van der Waals surface area (Å²) in [7, 11) is 0. The molecule has 0 fully saturated rings. The Hall–Kier alpha value is -1.64. The lowest BCUT2D eigenvalue weighted by atomic mass is 10.2. The molecule has 0 aliphatic carbocycles. The molecule has 0 aliphatic heterocycles. The molecule has 0 bridgehead atoms. The Morgan fingerprint density at radius 3 is 2.35 bits per heavy atom. The molecule has 1 aromatic heterocycles. The van der Waals surface area contributed by atoms with E-state index in [-0.39, 0.29) is 12.1 Å². The number of pyridine rings is 1. The number of aromatic nitrogens is 1. The highest BCUT2D eigenvalue weighted by atomic mass is 19.4. The number of anilines is 1. The zero-order valence-electron chi connectivity index (χ0n) is 8.26. The number of nitrogens with zero attached hydrogens (tertiary/aromatic N) is 1. The summed E-state index contributed by atoms with van der Waals surface area (Å²) in [5.74, 6) is -1.11. The van der Waals surface area contributed by atoms with Crippen LogP contribution in [-0.2, 0) is 6.54 Å². The van der Waals surface area contributed by atoms with Gasteiger partial charge in [0.05, 0.1) is 5.69 Å². The molecule has 0 saturated heterocycles. The second-order valence-corrected chi connectivity index (χ2v) is 2.98. The molecular formula is C8H8F5N3O. The summed E-state index contributed by atoms with van der Waals surface area (Å²) in [6.45, 7) is -0.316. The number of ether oxygens (including phenoxy) is 1. The van der Waals surface area contributed by atoms with Crippen molar-refractivity contribution < 1.29 is 26.7 Å². The molecule has 1 heterocycles. The first kappa shape index (κ1) is 13.4. The van der Waals surface area contributed by atoms with Crippen molar-refractivity contribution in [3.8, 4) is 5.88 Å². The van der Waals surface area contributed by atoms with E-state index in [1.54, 1.807) is 0 Å². The quantitative estimate of drug-likeness (QED) is 0.812. The molecule has 1 rings (SSSR count). The molecule has 96 valence electrons. The van der Waals surface area contributed by atoms with E-state index in [4.69, 9.17) is 11.5 Å². The van der Waals surface area contributed by atoms with Gasteiger partial charge in [0.25, 0.3) is 6.43 Å². The second-order valence-electron chi connectivity index (χ2n) is 2.98. The van der Waals surface area contributed by atoms with Gasteiger partial charge < -0.3 is 16.2 Å². The fraction of sp³-hybridized carbons (Fsp3) is 0.375. The standard InChI is InChI=1S/C8H8F5N3O/c9-6(10)5-3(2-14)1-4(15)7(16-5)17-8(11,12)13/h1,6H,2,14-15H2. The Morgan fingerprint density at radius 2 is 1.94 bits per heavy atom. The molecule has 4 N–H and O–H groups in total. The molecule has 4 nitrogen and oxygen atoms in total. The zero-order valence-corrected chi connectivity index (χ0v) is 8.26. The van der Waals surface area contributed by atoms with E-state index in [2.05, 4.69) is 9.72 Å². The van der Waals surface area contributed by atoms with Crippen LogP contribution in [0.15, 0.2) is 6.07 Å². The fourth-order valence-corrected chi connectivity index (χ4v) is 1.11. The molecule has 0 aliphatic rings. The predicted molar refractivity (Wildman–Crippen MR) is 48.2 cm³/mol. The van der Waals surface area contributed by atoms with E-state index in [1.165, 1.54) is 0 Å². The van der Waals surface area contributed by atoms with Crippen molar-refractivity contribution in [2.75, 3.05) is 5.73 Å². The van der Waals surface area contributed by atoms with Gasteiger partial charge in [0, 0.05) is 6.54 Å². The first-order valence-electron chi connectivity index (χ1n) is 4.28. The third kappa shape index (κ3) is 3.41. The number of nitrogen functional groups attached to an aromatic ring is 1. The highest BCUT2D eigenvalue weighted by molar-refractivity contribution is 5.51. The van der Waals surface area contributed by atoms with Crippen molar-refractivity contribution in [3.05, 3.63) is 17.3 Å². The molecule has 9 heteroatoms. The van der Waals surface area contributed by atoms with Crippen LogP contribution < -0.4 is 16.2 Å². The van der Waals surface area contributed by atoms with E-state index in [0.717, 1.165) is 6.07 Å². The van der Waals surface area contributed by atoms with E-state index < -0.39 is 30.0 Å². The number of rotatable bonds is 3. The Labute approximate surface area is 92.4 Å². The van der Waals surface area contributed by atoms with Gasteiger partial charge in [0.2, 0.25) is 5.88 Å². The Balaban J connectivity index is 3.20. The average molecular weight is 257 g/mol. The van der Waals surface area contributed by atoms with E-state index >= 15 is 0 Å². The van der Waals surface area contributed by atoms with Crippen LogP contribution in [0.2, 0.25) is 0 Å². The minimum absolute atomic E-state index is 0.132. The van der Waals surface area contributed by atoms with Gasteiger partial charge in [-0.2, -0.15) is 0 Å². The first-order chi connectivity index (χ1) is 7.74. The number of hydrogen-bond donors (Lipinski definition) is 2. The van der Waals surface area contributed by atoms with Crippen LogP contribution >= 0.6 is 0 Å². The second kappa shape index (κ2) is 4.70. The Kier molecular flexibility index (Phi) is 3.71. The minimum Gasteiger partial charge on any atom is -0.394 e. The molecule has 1 aromatic rings. The Morgan fingerprint density at radius 1 is 1.35 bits per heavy atom. The normalized spacial score (nSPS) is 11.9. The molecule has 0 amide bonds. The summed E-state index contributed by atoms with van der Waals surface area (Å²) in [5, 5.41) is 0. The monoisotopic (exact) mass is 257 g/mol. The van der Waals surface area contributed by atoms with Gasteiger partial charge in [-0.1, -0.05) is 0 Å². The van der Waals surface area contributed by atoms with E-state index in [1.807, 2.05) is 0 Å². The lowest BCUT2D eigenvalue weighted by molar-refractivity contribution is -0.275. The third-order valence-electron chi connectivity index (χ3n) is 1.77. The lowest BCUT2D eigenvalue weighted by Crippen LogP contribution is -2.20. The SMILES string of the molecule is NCc1cc(N)c(OC(F)(F)F)nc1C(F)F. The highest BCUT2D eigenvalue weighted by Crippen LogP contribution is 2.31. The molecular weight excluding hydrogens is 249 g/mol. The van der Waals surface area contributed by atoms with Crippen LogP contribution in [0.5, 0.6) is 5.88 Å². The third-order valence-corrected chi connectivity index (χ3v) is 1.77. The van der Waals surface area contributed by atoms with Crippen LogP contribution in [0, 0.1) is 0 Å². The minimum atomic E-state index is -5.05. The number of hydrogen-bond acceptors (Lipinski definition) is 4. The Bertz CT molecular complexity index is 407. The van der Waals surface area contributed by atoms with Crippen LogP contribution in [0.4, 0.5) is 27.6 Å². The maximum Gasteiger partial charge on any atom is 0.574 e. The van der Waals surface area contributed by atoms with Gasteiger partial charge in [-0.05, 0) is 11.6 Å². The zero-order chi connectivity index (χ0) is 13.2. The van der Waals surface area contributed by atoms with E-state index in [9.17, 15) is 22.0 Å². The van der Waals surface area contributed by atoms with Gasteiger partial charge in [-0.3, -0.25) is 0 Å². The topological polar surface area (TPSA) is 74.2 Å². The predicted octanol–water partition coefficient (Wildman–Crippen LogP) is 1.96. The maximum absolute atomic E-state index is 12.5. The number of alkyl halides is 5. The van der Waals surface area contributed by atoms with Crippen LogP contribution in [0.3, 0.4) is 0 Å². The van der Waals surface area contributed by atoms with Crippen molar-refractivity contribution in [1.29, 1.82) is 0 Å². The van der Waals surface area contributed by atoms with Crippen molar-refractivity contribution in [3.63, 3.8) is 0 Å². The summed E-state index contributed by atoms with van der Waals surface area (Å²) in [6, 6.07) is 0.884. The van der Waals surface area contributed by atoms with Gasteiger partial charge in [0.1, 0.15) is 5.69 Å².